The topological polar surface area (TPSA) is 22.1 Å². The summed E-state index contributed by atoms with van der Waals surface area (Å²) >= 11 is 7.04. The van der Waals surface area contributed by atoms with Crippen LogP contribution < -0.4 is 0 Å². The van der Waals surface area contributed by atoms with Gasteiger partial charge in [-0.2, -0.15) is 0 Å². The molecule has 0 N–H and O–H groups in total. The minimum Gasteiger partial charge on any atom is -0.371 e. The normalized spacial score (nSPS) is 10.6. The molecule has 1 heterocycles. The first kappa shape index (κ1) is 11.5. The summed E-state index contributed by atoms with van der Waals surface area (Å²) in [6, 6.07) is 6.56. The number of hydrogen-bond acceptors (Lipinski definition) is 3. The van der Waals surface area contributed by atoms with Crippen LogP contribution in [0, 0.1) is 5.82 Å². The van der Waals surface area contributed by atoms with Crippen LogP contribution in [0.5, 0.6) is 0 Å². The van der Waals surface area contributed by atoms with E-state index < -0.39 is 0 Å². The van der Waals surface area contributed by atoms with Crippen LogP contribution in [0.2, 0.25) is 4.47 Å². The van der Waals surface area contributed by atoms with E-state index in [1.165, 1.54) is 17.4 Å². The summed E-state index contributed by atoms with van der Waals surface area (Å²) in [6.07, 6.45) is 1.66. The molecule has 0 spiro atoms. The lowest BCUT2D eigenvalue weighted by Crippen LogP contribution is -1.95. The molecule has 0 atom stereocenters. The smallest absolute Gasteiger partial charge is 0.183 e. The molecular weight excluding hydrogens is 249 g/mol. The highest BCUT2D eigenvalue weighted by Crippen LogP contribution is 2.19. The van der Waals surface area contributed by atoms with E-state index in [0.29, 0.717) is 16.6 Å². The molecule has 1 aromatic heterocycles. The zero-order valence-electron chi connectivity index (χ0n) is 8.32. The van der Waals surface area contributed by atoms with E-state index in [4.69, 9.17) is 16.3 Å². The van der Waals surface area contributed by atoms with Gasteiger partial charge in [-0.3, -0.25) is 0 Å². The average Bonchev–Trinajstić information content (AvgIpc) is 2.67. The Morgan fingerprint density at radius 3 is 2.81 bits per heavy atom. The number of halogens is 2. The second-order valence-electron chi connectivity index (χ2n) is 3.16. The number of ether oxygens (including phenoxy) is 1. The summed E-state index contributed by atoms with van der Waals surface area (Å²) in [5.41, 5.74) is 0.554. The number of benzene rings is 1. The highest BCUT2D eigenvalue weighted by atomic mass is 35.5. The Kier molecular flexibility index (Phi) is 3.88. The SMILES string of the molecule is Fc1ccccc1COCc1cnc(Cl)s1. The zero-order chi connectivity index (χ0) is 11.4. The predicted molar refractivity (Wildman–Crippen MR) is 62.0 cm³/mol. The van der Waals surface area contributed by atoms with Crippen molar-refractivity contribution in [1.29, 1.82) is 0 Å². The third kappa shape index (κ3) is 3.01. The van der Waals surface area contributed by atoms with Gasteiger partial charge in [0.15, 0.2) is 4.47 Å². The van der Waals surface area contributed by atoms with Gasteiger partial charge >= 0.3 is 0 Å². The molecule has 0 aliphatic rings. The second-order valence-corrected chi connectivity index (χ2v) is 4.86. The number of rotatable bonds is 4. The molecule has 84 valence electrons. The van der Waals surface area contributed by atoms with Crippen LogP contribution in [0.1, 0.15) is 10.4 Å². The molecule has 2 nitrogen and oxygen atoms in total. The predicted octanol–water partition coefficient (Wildman–Crippen LogP) is 3.65. The summed E-state index contributed by atoms with van der Waals surface area (Å²) < 4.78 is 19.1. The molecule has 5 heteroatoms. The van der Waals surface area contributed by atoms with Gasteiger partial charge in [-0.1, -0.05) is 29.8 Å². The largest absolute Gasteiger partial charge is 0.371 e. The maximum atomic E-state index is 13.2. The maximum absolute atomic E-state index is 13.2. The third-order valence-corrected chi connectivity index (χ3v) is 3.07. The highest BCUT2D eigenvalue weighted by molar-refractivity contribution is 7.15. The number of thiazole rings is 1. The Bertz CT molecular complexity index is 475. The minimum atomic E-state index is -0.246. The molecule has 0 saturated carbocycles. The van der Waals surface area contributed by atoms with Gasteiger partial charge in [0.05, 0.1) is 18.1 Å². The van der Waals surface area contributed by atoms with E-state index in [1.54, 1.807) is 24.4 Å². The summed E-state index contributed by atoms with van der Waals surface area (Å²) in [7, 11) is 0. The van der Waals surface area contributed by atoms with Gasteiger partial charge in [0.1, 0.15) is 5.82 Å². The highest BCUT2D eigenvalue weighted by Gasteiger charge is 2.02. The molecule has 0 aliphatic carbocycles. The van der Waals surface area contributed by atoms with Gasteiger partial charge in [0.2, 0.25) is 0 Å². The van der Waals surface area contributed by atoms with Crippen LogP contribution in [-0.2, 0) is 18.0 Å². The molecular formula is C11H9ClFNOS. The lowest BCUT2D eigenvalue weighted by Gasteiger charge is -2.03. The summed E-state index contributed by atoms with van der Waals surface area (Å²) in [4.78, 5) is 4.82. The van der Waals surface area contributed by atoms with Gasteiger partial charge in [0, 0.05) is 11.8 Å². The Morgan fingerprint density at radius 2 is 2.12 bits per heavy atom. The fraction of sp³-hybridized carbons (Fsp3) is 0.182. The second kappa shape index (κ2) is 5.39. The quantitative estimate of drug-likeness (QED) is 0.834. The van der Waals surface area contributed by atoms with Crippen molar-refractivity contribution >= 4 is 22.9 Å². The molecule has 0 saturated heterocycles. The Hall–Kier alpha value is -0.970. The lowest BCUT2D eigenvalue weighted by atomic mass is 10.2. The van der Waals surface area contributed by atoms with Crippen LogP contribution in [0.3, 0.4) is 0 Å². The van der Waals surface area contributed by atoms with Gasteiger partial charge in [-0.15, -0.1) is 11.3 Å². The van der Waals surface area contributed by atoms with Crippen LogP contribution in [0.15, 0.2) is 30.5 Å². The first-order valence-corrected chi connectivity index (χ1v) is 5.86. The molecule has 2 aromatic rings. The van der Waals surface area contributed by atoms with E-state index in [1.807, 2.05) is 0 Å². The summed E-state index contributed by atoms with van der Waals surface area (Å²) in [5.74, 6) is -0.246. The summed E-state index contributed by atoms with van der Waals surface area (Å²) in [6.45, 7) is 0.654. The fourth-order valence-electron chi connectivity index (χ4n) is 1.23. The van der Waals surface area contributed by atoms with Gasteiger partial charge in [-0.25, -0.2) is 9.37 Å². The van der Waals surface area contributed by atoms with E-state index in [2.05, 4.69) is 4.98 Å². The minimum absolute atomic E-state index is 0.246. The monoisotopic (exact) mass is 257 g/mol. The molecule has 0 aliphatic heterocycles. The van der Waals surface area contributed by atoms with Crippen molar-refractivity contribution in [2.45, 2.75) is 13.2 Å². The molecule has 0 fully saturated rings. The Morgan fingerprint density at radius 1 is 1.31 bits per heavy atom. The maximum Gasteiger partial charge on any atom is 0.183 e. The van der Waals surface area contributed by atoms with Crippen molar-refractivity contribution < 1.29 is 9.13 Å². The van der Waals surface area contributed by atoms with E-state index in [9.17, 15) is 4.39 Å². The first-order chi connectivity index (χ1) is 7.75. The average molecular weight is 258 g/mol. The van der Waals surface area contributed by atoms with Crippen LogP contribution in [0.25, 0.3) is 0 Å². The van der Waals surface area contributed by atoms with Crippen molar-refractivity contribution in [1.82, 2.24) is 4.98 Å². The Balaban J connectivity index is 1.87. The molecule has 0 unspecified atom stereocenters. The molecule has 2 rings (SSSR count). The van der Waals surface area contributed by atoms with Crippen molar-refractivity contribution in [3.8, 4) is 0 Å². The van der Waals surface area contributed by atoms with E-state index >= 15 is 0 Å². The van der Waals surface area contributed by atoms with Crippen LogP contribution in [0.4, 0.5) is 4.39 Å². The first-order valence-electron chi connectivity index (χ1n) is 4.67. The third-order valence-electron chi connectivity index (χ3n) is 1.99. The van der Waals surface area contributed by atoms with E-state index in [-0.39, 0.29) is 12.4 Å². The standard InChI is InChI=1S/C11H9ClFNOS/c12-11-14-5-9(16-11)7-15-6-8-3-1-2-4-10(8)13/h1-5H,6-7H2. The zero-order valence-corrected chi connectivity index (χ0v) is 9.89. The number of aromatic nitrogens is 1. The van der Waals surface area contributed by atoms with Crippen molar-refractivity contribution in [2.75, 3.05) is 0 Å². The summed E-state index contributed by atoms with van der Waals surface area (Å²) in [5, 5.41) is 0. The van der Waals surface area contributed by atoms with Crippen molar-refractivity contribution in [2.24, 2.45) is 0 Å². The number of hydrogen-bond donors (Lipinski definition) is 0. The van der Waals surface area contributed by atoms with Gasteiger partial charge in [-0.05, 0) is 6.07 Å². The molecule has 1 aromatic carbocycles. The van der Waals surface area contributed by atoms with Crippen molar-refractivity contribution in [3.05, 3.63) is 51.2 Å². The molecule has 0 bridgehead atoms. The Labute approximate surface area is 102 Å². The van der Waals surface area contributed by atoms with Crippen molar-refractivity contribution in [3.63, 3.8) is 0 Å². The molecule has 16 heavy (non-hydrogen) atoms. The fourth-order valence-corrected chi connectivity index (χ4v) is 2.14. The van der Waals surface area contributed by atoms with Gasteiger partial charge in [0.25, 0.3) is 0 Å². The molecule has 0 radical (unpaired) electrons. The van der Waals surface area contributed by atoms with Gasteiger partial charge < -0.3 is 4.74 Å². The molecule has 0 amide bonds. The lowest BCUT2D eigenvalue weighted by molar-refractivity contribution is 0.107. The van der Waals surface area contributed by atoms with E-state index in [0.717, 1.165) is 4.88 Å². The van der Waals surface area contributed by atoms with Crippen LogP contribution >= 0.6 is 22.9 Å². The number of nitrogens with zero attached hydrogens (tertiary/aromatic N) is 1. The van der Waals surface area contributed by atoms with Crippen LogP contribution in [-0.4, -0.2) is 4.98 Å².